The molecule has 5 heteroatoms. The van der Waals surface area contributed by atoms with Gasteiger partial charge in [-0.25, -0.2) is 4.79 Å². The van der Waals surface area contributed by atoms with Gasteiger partial charge >= 0.3 is 6.03 Å². The number of urea groups is 1. The number of rotatable bonds is 3. The smallest absolute Gasteiger partial charge is 0.325 e. The first-order chi connectivity index (χ1) is 9.15. The molecular weight excluding hydrogens is 244 g/mol. The molecule has 3 amide bonds. The molecule has 19 heavy (non-hydrogen) atoms. The van der Waals surface area contributed by atoms with Crippen molar-refractivity contribution in [3.63, 3.8) is 0 Å². The van der Waals surface area contributed by atoms with Gasteiger partial charge in [0.05, 0.1) is 0 Å². The van der Waals surface area contributed by atoms with Gasteiger partial charge in [0.1, 0.15) is 11.8 Å². The van der Waals surface area contributed by atoms with E-state index in [1.54, 1.807) is 24.3 Å². The standard InChI is InChI=1S/C14H16N2O3/c17-11-6-4-9(5-7-11)8-12-13(18)16(14(19)15-12)10-2-1-3-10/h4-7,10,12,17H,1-3,8H2,(H,15,19). The Morgan fingerprint density at radius 2 is 1.89 bits per heavy atom. The molecule has 1 aliphatic carbocycles. The van der Waals surface area contributed by atoms with Crippen LogP contribution in [-0.2, 0) is 11.2 Å². The molecule has 1 saturated heterocycles. The summed E-state index contributed by atoms with van der Waals surface area (Å²) >= 11 is 0. The first kappa shape index (κ1) is 12.0. The molecule has 1 heterocycles. The van der Waals surface area contributed by atoms with Crippen molar-refractivity contribution in [3.05, 3.63) is 29.8 Å². The van der Waals surface area contributed by atoms with Crippen LogP contribution in [0, 0.1) is 0 Å². The molecule has 1 aliphatic heterocycles. The van der Waals surface area contributed by atoms with Crippen LogP contribution in [0.5, 0.6) is 5.75 Å². The van der Waals surface area contributed by atoms with Crippen molar-refractivity contribution >= 4 is 11.9 Å². The Hall–Kier alpha value is -2.04. The number of amides is 3. The van der Waals surface area contributed by atoms with Crippen LogP contribution in [0.3, 0.4) is 0 Å². The number of nitrogens with zero attached hydrogens (tertiary/aromatic N) is 1. The number of nitrogens with one attached hydrogen (secondary N) is 1. The number of phenolic OH excluding ortho intramolecular Hbond substituents is 1. The van der Waals surface area contributed by atoms with E-state index in [2.05, 4.69) is 5.32 Å². The number of hydrogen-bond donors (Lipinski definition) is 2. The predicted molar refractivity (Wildman–Crippen MR) is 68.6 cm³/mol. The summed E-state index contributed by atoms with van der Waals surface area (Å²) < 4.78 is 0. The second-order valence-corrected chi connectivity index (χ2v) is 5.17. The Balaban J connectivity index is 1.70. The number of benzene rings is 1. The van der Waals surface area contributed by atoms with Gasteiger partial charge in [-0.1, -0.05) is 12.1 Å². The summed E-state index contributed by atoms with van der Waals surface area (Å²) in [5, 5.41) is 12.0. The summed E-state index contributed by atoms with van der Waals surface area (Å²) in [6.07, 6.45) is 3.40. The van der Waals surface area contributed by atoms with Crippen LogP contribution in [0.25, 0.3) is 0 Å². The second-order valence-electron chi connectivity index (χ2n) is 5.17. The van der Waals surface area contributed by atoms with Gasteiger partial charge in [-0.05, 0) is 37.0 Å². The van der Waals surface area contributed by atoms with Crippen molar-refractivity contribution in [2.45, 2.75) is 37.8 Å². The van der Waals surface area contributed by atoms with Gasteiger partial charge in [0.2, 0.25) is 0 Å². The fraction of sp³-hybridized carbons (Fsp3) is 0.429. The van der Waals surface area contributed by atoms with E-state index in [9.17, 15) is 14.7 Å². The number of carbonyl (C=O) groups is 2. The van der Waals surface area contributed by atoms with Crippen LogP contribution in [-0.4, -0.2) is 34.0 Å². The molecule has 1 aromatic carbocycles. The maximum Gasteiger partial charge on any atom is 0.325 e. The number of carbonyl (C=O) groups excluding carboxylic acids is 2. The second kappa shape index (κ2) is 4.57. The summed E-state index contributed by atoms with van der Waals surface area (Å²) in [5.74, 6) is 0.0735. The van der Waals surface area contributed by atoms with Crippen LogP contribution in [0.2, 0.25) is 0 Å². The molecule has 0 radical (unpaired) electrons. The number of aromatic hydroxyl groups is 1. The Kier molecular flexibility index (Phi) is 2.89. The lowest BCUT2D eigenvalue weighted by Crippen LogP contribution is -2.44. The monoisotopic (exact) mass is 260 g/mol. The van der Waals surface area contributed by atoms with Crippen LogP contribution in [0.15, 0.2) is 24.3 Å². The number of hydrogen-bond acceptors (Lipinski definition) is 3. The topological polar surface area (TPSA) is 69.6 Å². The highest BCUT2D eigenvalue weighted by Gasteiger charge is 2.43. The molecule has 100 valence electrons. The normalized spacial score (nSPS) is 23.4. The van der Waals surface area contributed by atoms with E-state index in [4.69, 9.17) is 0 Å². The first-order valence-electron chi connectivity index (χ1n) is 6.56. The van der Waals surface area contributed by atoms with Gasteiger partial charge in [0, 0.05) is 12.5 Å². The summed E-state index contributed by atoms with van der Waals surface area (Å²) in [6.45, 7) is 0. The van der Waals surface area contributed by atoms with Gasteiger partial charge in [-0.3, -0.25) is 9.69 Å². The summed E-state index contributed by atoms with van der Waals surface area (Å²) in [5.41, 5.74) is 0.923. The summed E-state index contributed by atoms with van der Waals surface area (Å²) in [4.78, 5) is 25.4. The van der Waals surface area contributed by atoms with Crippen molar-refractivity contribution in [3.8, 4) is 5.75 Å². The molecule has 3 rings (SSSR count). The van der Waals surface area contributed by atoms with E-state index >= 15 is 0 Å². The minimum atomic E-state index is -0.474. The molecule has 1 saturated carbocycles. The molecule has 0 bridgehead atoms. The Bertz CT molecular complexity index is 508. The van der Waals surface area contributed by atoms with Crippen molar-refractivity contribution in [1.82, 2.24) is 10.2 Å². The highest BCUT2D eigenvalue weighted by molar-refractivity contribution is 6.04. The van der Waals surface area contributed by atoms with E-state index in [0.717, 1.165) is 24.8 Å². The molecule has 1 aromatic rings. The van der Waals surface area contributed by atoms with Crippen LogP contribution in [0.4, 0.5) is 4.79 Å². The van der Waals surface area contributed by atoms with Gasteiger partial charge < -0.3 is 10.4 Å². The zero-order chi connectivity index (χ0) is 13.4. The van der Waals surface area contributed by atoms with E-state index in [1.807, 2.05) is 0 Å². The minimum Gasteiger partial charge on any atom is -0.508 e. The zero-order valence-electron chi connectivity index (χ0n) is 10.5. The fourth-order valence-corrected chi connectivity index (χ4v) is 2.55. The first-order valence-corrected chi connectivity index (χ1v) is 6.56. The highest BCUT2D eigenvalue weighted by Crippen LogP contribution is 2.28. The highest BCUT2D eigenvalue weighted by atomic mass is 16.3. The molecule has 5 nitrogen and oxygen atoms in total. The third kappa shape index (κ3) is 2.16. The van der Waals surface area contributed by atoms with Gasteiger partial charge in [-0.2, -0.15) is 0 Å². The van der Waals surface area contributed by atoms with Crippen molar-refractivity contribution in [2.75, 3.05) is 0 Å². The van der Waals surface area contributed by atoms with E-state index in [-0.39, 0.29) is 23.7 Å². The maximum absolute atomic E-state index is 12.2. The Morgan fingerprint density at radius 1 is 1.21 bits per heavy atom. The fourth-order valence-electron chi connectivity index (χ4n) is 2.55. The van der Waals surface area contributed by atoms with Crippen LogP contribution >= 0.6 is 0 Å². The summed E-state index contributed by atoms with van der Waals surface area (Å²) in [6, 6.07) is 6.05. The lowest BCUT2D eigenvalue weighted by Gasteiger charge is -2.32. The third-order valence-electron chi connectivity index (χ3n) is 3.87. The van der Waals surface area contributed by atoms with Crippen molar-refractivity contribution < 1.29 is 14.7 Å². The number of imide groups is 1. The molecule has 1 atom stereocenters. The number of phenols is 1. The van der Waals surface area contributed by atoms with E-state index in [0.29, 0.717) is 6.42 Å². The van der Waals surface area contributed by atoms with Gasteiger partial charge in [0.25, 0.3) is 5.91 Å². The molecule has 0 spiro atoms. The molecule has 2 aliphatic rings. The molecule has 1 unspecified atom stereocenters. The summed E-state index contributed by atoms with van der Waals surface area (Å²) in [7, 11) is 0. The average molecular weight is 260 g/mol. The lowest BCUT2D eigenvalue weighted by atomic mass is 9.91. The van der Waals surface area contributed by atoms with Crippen LogP contribution in [0.1, 0.15) is 24.8 Å². The Morgan fingerprint density at radius 3 is 2.47 bits per heavy atom. The lowest BCUT2D eigenvalue weighted by molar-refractivity contribution is -0.130. The van der Waals surface area contributed by atoms with Crippen molar-refractivity contribution in [2.24, 2.45) is 0 Å². The maximum atomic E-state index is 12.2. The van der Waals surface area contributed by atoms with Gasteiger partial charge in [-0.15, -0.1) is 0 Å². The quantitative estimate of drug-likeness (QED) is 0.807. The molecular formula is C14H16N2O3. The minimum absolute atomic E-state index is 0.0947. The van der Waals surface area contributed by atoms with E-state index < -0.39 is 6.04 Å². The molecule has 2 N–H and O–H groups in total. The Labute approximate surface area is 111 Å². The molecule has 0 aromatic heterocycles. The largest absolute Gasteiger partial charge is 0.508 e. The SMILES string of the molecule is O=C1NC(Cc2ccc(O)cc2)C(=O)N1C1CCC1. The third-order valence-corrected chi connectivity index (χ3v) is 3.87. The average Bonchev–Trinajstić information content (AvgIpc) is 2.58. The predicted octanol–water partition coefficient (Wildman–Crippen LogP) is 1.41. The molecule has 2 fully saturated rings. The zero-order valence-corrected chi connectivity index (χ0v) is 10.5. The van der Waals surface area contributed by atoms with E-state index in [1.165, 1.54) is 4.90 Å². The van der Waals surface area contributed by atoms with Gasteiger partial charge in [0.15, 0.2) is 0 Å². The van der Waals surface area contributed by atoms with Crippen molar-refractivity contribution in [1.29, 1.82) is 0 Å². The van der Waals surface area contributed by atoms with Crippen LogP contribution < -0.4 is 5.32 Å².